The average Bonchev–Trinajstić information content (AvgIpc) is 2.27. The number of nitrogens with zero attached hydrogens (tertiary/aromatic N) is 1. The summed E-state index contributed by atoms with van der Waals surface area (Å²) >= 11 is 0. The maximum atomic E-state index is 2.80. The van der Waals surface area contributed by atoms with Crippen LogP contribution in [0.15, 0.2) is 0 Å². The topological polar surface area (TPSA) is 3.24 Å². The smallest absolute Gasteiger partial charge is 0.00955 e. The Morgan fingerprint density at radius 2 is 1.50 bits per heavy atom. The van der Waals surface area contributed by atoms with Gasteiger partial charge in [-0.2, -0.15) is 0 Å². The third-order valence-corrected chi connectivity index (χ3v) is 4.23. The molecule has 1 aliphatic heterocycles. The van der Waals surface area contributed by atoms with Gasteiger partial charge >= 0.3 is 0 Å². The van der Waals surface area contributed by atoms with Crippen LogP contribution in [0.1, 0.15) is 38.5 Å². The van der Waals surface area contributed by atoms with Crippen molar-refractivity contribution in [1.82, 2.24) is 4.90 Å². The summed E-state index contributed by atoms with van der Waals surface area (Å²) in [4.78, 5) is 2.80. The number of fused-ring (bicyclic) bond motifs is 2. The zero-order chi connectivity index (χ0) is 7.97. The summed E-state index contributed by atoms with van der Waals surface area (Å²) < 4.78 is 0. The Kier molecular flexibility index (Phi) is 1.68. The van der Waals surface area contributed by atoms with E-state index in [1.54, 1.807) is 6.42 Å². The van der Waals surface area contributed by atoms with Gasteiger partial charge in [-0.05, 0) is 43.9 Å². The fourth-order valence-electron chi connectivity index (χ4n) is 3.30. The molecule has 3 aliphatic rings. The second-order valence-electron chi connectivity index (χ2n) is 5.08. The molecule has 0 amide bonds. The average molecular weight is 165 g/mol. The molecule has 0 N–H and O–H groups in total. The quantitative estimate of drug-likeness (QED) is 0.576. The van der Waals surface area contributed by atoms with Crippen molar-refractivity contribution in [2.45, 2.75) is 44.6 Å². The third-order valence-electron chi connectivity index (χ3n) is 4.23. The lowest BCUT2D eigenvalue weighted by atomic mass is 9.88. The second kappa shape index (κ2) is 2.73. The normalized spacial score (nSPS) is 43.0. The van der Waals surface area contributed by atoms with Gasteiger partial charge in [0.2, 0.25) is 0 Å². The van der Waals surface area contributed by atoms with Gasteiger partial charge in [0.1, 0.15) is 0 Å². The molecule has 1 heterocycles. The SMILES string of the molecule is C1CC(N2CC3CCC(C3)C2)C1. The molecule has 2 aliphatic carbocycles. The molecule has 0 aromatic heterocycles. The van der Waals surface area contributed by atoms with Crippen molar-refractivity contribution >= 4 is 0 Å². The molecule has 2 atom stereocenters. The lowest BCUT2D eigenvalue weighted by molar-refractivity contribution is 0.0720. The first-order valence-electron chi connectivity index (χ1n) is 5.66. The molecule has 3 rings (SSSR count). The highest BCUT2D eigenvalue weighted by molar-refractivity contribution is 4.90. The number of hydrogen-bond donors (Lipinski definition) is 0. The predicted molar refractivity (Wildman–Crippen MR) is 50.0 cm³/mol. The van der Waals surface area contributed by atoms with Gasteiger partial charge in [0.15, 0.2) is 0 Å². The molecular weight excluding hydrogens is 146 g/mol. The molecule has 1 nitrogen and oxygen atoms in total. The number of likely N-dealkylation sites (tertiary alicyclic amines) is 1. The van der Waals surface area contributed by atoms with Gasteiger partial charge in [-0.15, -0.1) is 0 Å². The van der Waals surface area contributed by atoms with E-state index in [1.807, 2.05) is 0 Å². The fraction of sp³-hybridized carbons (Fsp3) is 1.00. The Balaban J connectivity index is 1.65. The molecule has 2 saturated carbocycles. The summed E-state index contributed by atoms with van der Waals surface area (Å²) in [5, 5.41) is 0. The minimum atomic E-state index is 1.01. The molecule has 2 unspecified atom stereocenters. The van der Waals surface area contributed by atoms with Crippen LogP contribution in [0.2, 0.25) is 0 Å². The van der Waals surface area contributed by atoms with Crippen LogP contribution in [0.25, 0.3) is 0 Å². The van der Waals surface area contributed by atoms with Crippen LogP contribution in [0.5, 0.6) is 0 Å². The number of piperidine rings is 1. The van der Waals surface area contributed by atoms with Crippen molar-refractivity contribution in [2.24, 2.45) is 11.8 Å². The van der Waals surface area contributed by atoms with Crippen molar-refractivity contribution in [3.05, 3.63) is 0 Å². The van der Waals surface area contributed by atoms with E-state index < -0.39 is 0 Å². The summed E-state index contributed by atoms with van der Waals surface area (Å²) in [6, 6.07) is 1.01. The van der Waals surface area contributed by atoms with Crippen molar-refractivity contribution in [3.8, 4) is 0 Å². The first kappa shape index (κ1) is 7.37. The van der Waals surface area contributed by atoms with Crippen LogP contribution in [-0.4, -0.2) is 24.0 Å². The summed E-state index contributed by atoms with van der Waals surface area (Å²) in [6.07, 6.45) is 9.13. The van der Waals surface area contributed by atoms with Crippen LogP contribution < -0.4 is 0 Å². The van der Waals surface area contributed by atoms with Crippen LogP contribution in [0.3, 0.4) is 0 Å². The molecule has 3 fully saturated rings. The van der Waals surface area contributed by atoms with E-state index in [1.165, 1.54) is 45.2 Å². The van der Waals surface area contributed by atoms with E-state index in [2.05, 4.69) is 4.90 Å². The second-order valence-corrected chi connectivity index (χ2v) is 5.08. The molecule has 1 heteroatoms. The monoisotopic (exact) mass is 165 g/mol. The summed E-state index contributed by atoms with van der Waals surface area (Å²) in [5.41, 5.74) is 0. The van der Waals surface area contributed by atoms with Crippen LogP contribution in [0, 0.1) is 11.8 Å². The highest BCUT2D eigenvalue weighted by Gasteiger charge is 2.36. The summed E-state index contributed by atoms with van der Waals surface area (Å²) in [5.74, 6) is 2.17. The molecule has 0 aromatic rings. The highest BCUT2D eigenvalue weighted by Crippen LogP contribution is 2.39. The van der Waals surface area contributed by atoms with Gasteiger partial charge in [-0.3, -0.25) is 4.90 Å². The molecule has 0 spiro atoms. The largest absolute Gasteiger partial charge is 0.300 e. The van der Waals surface area contributed by atoms with Crippen LogP contribution in [0.4, 0.5) is 0 Å². The lowest BCUT2D eigenvalue weighted by Gasteiger charge is -2.42. The molecule has 2 bridgehead atoms. The Hall–Kier alpha value is -0.0400. The van der Waals surface area contributed by atoms with E-state index >= 15 is 0 Å². The molecule has 1 saturated heterocycles. The first-order chi connectivity index (χ1) is 5.92. The van der Waals surface area contributed by atoms with E-state index in [0.717, 1.165) is 17.9 Å². The van der Waals surface area contributed by atoms with Gasteiger partial charge in [-0.1, -0.05) is 6.42 Å². The molecule has 0 radical (unpaired) electrons. The zero-order valence-electron chi connectivity index (χ0n) is 7.84. The van der Waals surface area contributed by atoms with E-state index in [9.17, 15) is 0 Å². The maximum Gasteiger partial charge on any atom is 0.00955 e. The Bertz CT molecular complexity index is 162. The Morgan fingerprint density at radius 3 is 2.00 bits per heavy atom. The third kappa shape index (κ3) is 1.10. The lowest BCUT2D eigenvalue weighted by Crippen LogP contribution is -2.46. The summed E-state index contributed by atoms with van der Waals surface area (Å²) in [7, 11) is 0. The van der Waals surface area contributed by atoms with E-state index in [0.29, 0.717) is 0 Å². The minimum Gasteiger partial charge on any atom is -0.300 e. The molecule has 0 aromatic carbocycles. The number of rotatable bonds is 1. The van der Waals surface area contributed by atoms with E-state index in [-0.39, 0.29) is 0 Å². The van der Waals surface area contributed by atoms with Crippen molar-refractivity contribution in [2.75, 3.05) is 13.1 Å². The van der Waals surface area contributed by atoms with Crippen molar-refractivity contribution < 1.29 is 0 Å². The van der Waals surface area contributed by atoms with Crippen molar-refractivity contribution in [1.29, 1.82) is 0 Å². The molecule has 12 heavy (non-hydrogen) atoms. The van der Waals surface area contributed by atoms with Gasteiger partial charge < -0.3 is 0 Å². The molecular formula is C11H19N. The zero-order valence-corrected chi connectivity index (χ0v) is 7.84. The van der Waals surface area contributed by atoms with Gasteiger partial charge in [-0.25, -0.2) is 0 Å². The number of hydrogen-bond acceptors (Lipinski definition) is 1. The van der Waals surface area contributed by atoms with Crippen LogP contribution >= 0.6 is 0 Å². The Morgan fingerprint density at radius 1 is 0.833 bits per heavy atom. The Labute approximate surface area is 75.1 Å². The molecule has 68 valence electrons. The van der Waals surface area contributed by atoms with Gasteiger partial charge in [0, 0.05) is 19.1 Å². The highest BCUT2D eigenvalue weighted by atomic mass is 15.2. The van der Waals surface area contributed by atoms with Gasteiger partial charge in [0.05, 0.1) is 0 Å². The van der Waals surface area contributed by atoms with Crippen molar-refractivity contribution in [3.63, 3.8) is 0 Å². The van der Waals surface area contributed by atoms with Crippen LogP contribution in [-0.2, 0) is 0 Å². The van der Waals surface area contributed by atoms with E-state index in [4.69, 9.17) is 0 Å². The summed E-state index contributed by atoms with van der Waals surface area (Å²) in [6.45, 7) is 2.89. The van der Waals surface area contributed by atoms with Gasteiger partial charge in [0.25, 0.3) is 0 Å². The minimum absolute atomic E-state index is 1.01. The first-order valence-corrected chi connectivity index (χ1v) is 5.66. The predicted octanol–water partition coefficient (Wildman–Crippen LogP) is 2.27. The standard InChI is InChI=1S/C11H19N/c1-2-11(3-1)12-7-9-4-5-10(6-9)8-12/h9-11H,1-8H2. The maximum absolute atomic E-state index is 2.80. The fourth-order valence-corrected chi connectivity index (χ4v) is 3.30.